The van der Waals surface area contributed by atoms with Gasteiger partial charge >= 0.3 is 6.03 Å². The average molecular weight is 418 g/mol. The standard InChI is InChI=1S/C25H27N3O3/c1-18(21-12-13-21)28(17-19-7-3-2-4-8-19)25(30)26-16-20-9-5-10-22(15-20)27-24(29)23-11-6-14-31-23/h2-11,14-15,18,21H,12-13,16-17H2,1H3,(H,26,30)(H,27,29). The van der Waals surface area contributed by atoms with Crippen molar-refractivity contribution in [2.24, 2.45) is 5.92 Å². The summed E-state index contributed by atoms with van der Waals surface area (Å²) in [7, 11) is 0. The van der Waals surface area contributed by atoms with Crippen LogP contribution >= 0.6 is 0 Å². The zero-order chi connectivity index (χ0) is 21.6. The van der Waals surface area contributed by atoms with Gasteiger partial charge in [0.05, 0.1) is 6.26 Å². The number of rotatable bonds is 8. The molecule has 1 saturated carbocycles. The first-order valence-electron chi connectivity index (χ1n) is 10.6. The van der Waals surface area contributed by atoms with Crippen LogP contribution in [-0.2, 0) is 13.1 Å². The molecule has 0 radical (unpaired) electrons. The van der Waals surface area contributed by atoms with E-state index in [1.165, 1.54) is 19.1 Å². The average Bonchev–Trinajstić information content (AvgIpc) is 3.49. The van der Waals surface area contributed by atoms with Crippen LogP contribution in [0, 0.1) is 5.92 Å². The van der Waals surface area contributed by atoms with E-state index in [9.17, 15) is 9.59 Å². The lowest BCUT2D eigenvalue weighted by Crippen LogP contribution is -2.45. The second-order valence-electron chi connectivity index (χ2n) is 7.98. The summed E-state index contributed by atoms with van der Waals surface area (Å²) < 4.78 is 5.12. The van der Waals surface area contributed by atoms with Crippen LogP contribution in [0.4, 0.5) is 10.5 Å². The van der Waals surface area contributed by atoms with Crippen molar-refractivity contribution in [2.45, 2.75) is 38.9 Å². The molecule has 6 nitrogen and oxygen atoms in total. The first-order valence-corrected chi connectivity index (χ1v) is 10.6. The number of anilines is 1. The highest BCUT2D eigenvalue weighted by Crippen LogP contribution is 2.35. The van der Waals surface area contributed by atoms with Crippen LogP contribution < -0.4 is 10.6 Å². The van der Waals surface area contributed by atoms with Crippen molar-refractivity contribution in [2.75, 3.05) is 5.32 Å². The molecule has 1 heterocycles. The van der Waals surface area contributed by atoms with Gasteiger partial charge in [-0.05, 0) is 61.1 Å². The second-order valence-corrected chi connectivity index (χ2v) is 7.98. The molecule has 160 valence electrons. The Morgan fingerprint density at radius 1 is 1.03 bits per heavy atom. The lowest BCUT2D eigenvalue weighted by atomic mass is 10.1. The summed E-state index contributed by atoms with van der Waals surface area (Å²) in [6.07, 6.45) is 3.82. The number of hydrogen-bond acceptors (Lipinski definition) is 3. The van der Waals surface area contributed by atoms with E-state index in [-0.39, 0.29) is 23.7 Å². The third-order valence-electron chi connectivity index (χ3n) is 5.63. The minimum absolute atomic E-state index is 0.0757. The molecule has 31 heavy (non-hydrogen) atoms. The number of nitrogens with one attached hydrogen (secondary N) is 2. The van der Waals surface area contributed by atoms with Crippen molar-refractivity contribution >= 4 is 17.6 Å². The monoisotopic (exact) mass is 417 g/mol. The minimum Gasteiger partial charge on any atom is -0.459 e. The van der Waals surface area contributed by atoms with Crippen LogP contribution in [0.5, 0.6) is 0 Å². The number of nitrogens with zero attached hydrogens (tertiary/aromatic N) is 1. The molecule has 1 atom stereocenters. The van der Waals surface area contributed by atoms with Gasteiger partial charge in [-0.1, -0.05) is 42.5 Å². The van der Waals surface area contributed by atoms with Crippen LogP contribution in [0.15, 0.2) is 77.4 Å². The van der Waals surface area contributed by atoms with Crippen LogP contribution in [0.3, 0.4) is 0 Å². The Morgan fingerprint density at radius 2 is 1.81 bits per heavy atom. The molecular weight excluding hydrogens is 390 g/mol. The number of amides is 3. The number of carbonyl (C=O) groups is 2. The maximum Gasteiger partial charge on any atom is 0.318 e. The van der Waals surface area contributed by atoms with E-state index in [1.54, 1.807) is 12.1 Å². The highest BCUT2D eigenvalue weighted by atomic mass is 16.3. The number of furan rings is 1. The largest absolute Gasteiger partial charge is 0.459 e. The molecule has 0 saturated heterocycles. The topological polar surface area (TPSA) is 74.6 Å². The molecule has 2 aromatic carbocycles. The molecule has 1 aliphatic rings. The van der Waals surface area contributed by atoms with Gasteiger partial charge in [0.15, 0.2) is 5.76 Å². The normalized spacial score (nSPS) is 14.0. The van der Waals surface area contributed by atoms with Gasteiger partial charge in [0.1, 0.15) is 0 Å². The summed E-state index contributed by atoms with van der Waals surface area (Å²) in [4.78, 5) is 27.2. The van der Waals surface area contributed by atoms with Gasteiger partial charge in [0.2, 0.25) is 0 Å². The van der Waals surface area contributed by atoms with Crippen molar-refractivity contribution in [3.63, 3.8) is 0 Å². The molecule has 1 aromatic heterocycles. The fraction of sp³-hybridized carbons (Fsp3) is 0.280. The quantitative estimate of drug-likeness (QED) is 0.539. The summed E-state index contributed by atoms with van der Waals surface area (Å²) in [5.41, 5.74) is 2.68. The van der Waals surface area contributed by atoms with E-state index < -0.39 is 0 Å². The molecule has 3 amide bonds. The second kappa shape index (κ2) is 9.51. The van der Waals surface area contributed by atoms with Gasteiger partial charge in [0.25, 0.3) is 5.91 Å². The Kier molecular flexibility index (Phi) is 6.36. The van der Waals surface area contributed by atoms with Crippen molar-refractivity contribution < 1.29 is 14.0 Å². The maximum absolute atomic E-state index is 13.0. The maximum atomic E-state index is 13.0. The van der Waals surface area contributed by atoms with Crippen molar-refractivity contribution in [3.8, 4) is 0 Å². The Morgan fingerprint density at radius 3 is 2.52 bits per heavy atom. The fourth-order valence-electron chi connectivity index (χ4n) is 3.65. The lowest BCUT2D eigenvalue weighted by Gasteiger charge is -2.30. The summed E-state index contributed by atoms with van der Waals surface area (Å²) in [6, 6.07) is 20.9. The predicted molar refractivity (Wildman–Crippen MR) is 120 cm³/mol. The zero-order valence-corrected chi connectivity index (χ0v) is 17.6. The van der Waals surface area contributed by atoms with Gasteiger partial charge in [-0.25, -0.2) is 4.79 Å². The molecule has 2 N–H and O–H groups in total. The SMILES string of the molecule is CC(C1CC1)N(Cc1ccccc1)C(=O)NCc1cccc(NC(=O)c2ccco2)c1. The highest BCUT2D eigenvalue weighted by molar-refractivity contribution is 6.02. The summed E-state index contributed by atoms with van der Waals surface area (Å²) in [5, 5.41) is 5.86. The predicted octanol–water partition coefficient (Wildman–Crippen LogP) is 5.04. The lowest BCUT2D eigenvalue weighted by molar-refractivity contribution is 0.0996. The first-order chi connectivity index (χ1) is 15.1. The van der Waals surface area contributed by atoms with E-state index in [1.807, 2.05) is 59.5 Å². The van der Waals surface area contributed by atoms with Gasteiger partial charge in [-0.3, -0.25) is 4.79 Å². The summed E-state index contributed by atoms with van der Waals surface area (Å²) >= 11 is 0. The van der Waals surface area contributed by atoms with E-state index in [4.69, 9.17) is 4.42 Å². The van der Waals surface area contributed by atoms with Gasteiger partial charge in [-0.2, -0.15) is 0 Å². The first kappa shape index (κ1) is 20.7. The summed E-state index contributed by atoms with van der Waals surface area (Å²) in [5.74, 6) is 0.525. The Labute approximate surface area is 182 Å². The van der Waals surface area contributed by atoms with Gasteiger partial charge in [-0.15, -0.1) is 0 Å². The van der Waals surface area contributed by atoms with Crippen LogP contribution in [0.1, 0.15) is 41.4 Å². The number of carbonyl (C=O) groups excluding carboxylic acids is 2. The fourth-order valence-corrected chi connectivity index (χ4v) is 3.65. The molecule has 0 aliphatic heterocycles. The molecule has 1 unspecified atom stereocenters. The van der Waals surface area contributed by atoms with Crippen molar-refractivity contribution in [3.05, 3.63) is 89.9 Å². The Bertz CT molecular complexity index is 1010. The minimum atomic E-state index is -0.307. The third-order valence-corrected chi connectivity index (χ3v) is 5.63. The van der Waals surface area contributed by atoms with Crippen LogP contribution in [0.2, 0.25) is 0 Å². The van der Waals surface area contributed by atoms with Crippen molar-refractivity contribution in [1.82, 2.24) is 10.2 Å². The zero-order valence-electron chi connectivity index (χ0n) is 17.6. The molecule has 3 aromatic rings. The van der Waals surface area contributed by atoms with E-state index in [0.717, 1.165) is 11.1 Å². The molecule has 1 aliphatic carbocycles. The molecule has 0 spiro atoms. The smallest absolute Gasteiger partial charge is 0.318 e. The van der Waals surface area contributed by atoms with Crippen molar-refractivity contribution in [1.29, 1.82) is 0 Å². The number of benzene rings is 2. The van der Waals surface area contributed by atoms with Gasteiger partial charge < -0.3 is 20.0 Å². The molecule has 6 heteroatoms. The number of urea groups is 1. The Hall–Kier alpha value is -3.54. The molecule has 1 fully saturated rings. The third kappa shape index (κ3) is 5.54. The highest BCUT2D eigenvalue weighted by Gasteiger charge is 2.34. The van der Waals surface area contributed by atoms with Crippen LogP contribution in [0.25, 0.3) is 0 Å². The van der Waals surface area contributed by atoms with E-state index in [0.29, 0.717) is 24.7 Å². The summed E-state index contributed by atoms with van der Waals surface area (Å²) in [6.45, 7) is 3.10. The van der Waals surface area contributed by atoms with Gasteiger partial charge in [0, 0.05) is 24.8 Å². The number of hydrogen-bond donors (Lipinski definition) is 2. The van der Waals surface area contributed by atoms with E-state index in [2.05, 4.69) is 17.6 Å². The Balaban J connectivity index is 1.38. The van der Waals surface area contributed by atoms with Crippen LogP contribution in [-0.4, -0.2) is 22.9 Å². The molecular formula is C25H27N3O3. The molecule has 4 rings (SSSR count). The van der Waals surface area contributed by atoms with E-state index >= 15 is 0 Å². The molecule has 0 bridgehead atoms.